The summed E-state index contributed by atoms with van der Waals surface area (Å²) in [6.45, 7) is 1.51. The Labute approximate surface area is 83.8 Å². The smallest absolute Gasteiger partial charge is 0.246 e. The van der Waals surface area contributed by atoms with Gasteiger partial charge in [-0.2, -0.15) is 0 Å². The quantitative estimate of drug-likeness (QED) is 0.626. The average Bonchev–Trinajstić information content (AvgIpc) is 2.51. The van der Waals surface area contributed by atoms with Crippen molar-refractivity contribution in [2.75, 3.05) is 13.1 Å². The van der Waals surface area contributed by atoms with E-state index in [0.717, 1.165) is 32.4 Å². The second kappa shape index (κ2) is 5.42. The predicted molar refractivity (Wildman–Crippen MR) is 53.4 cm³/mol. The zero-order valence-corrected chi connectivity index (χ0v) is 8.24. The lowest BCUT2D eigenvalue weighted by Crippen LogP contribution is -2.26. The molecule has 0 spiro atoms. The maximum Gasteiger partial charge on any atom is 0.246 e. The molecule has 0 saturated carbocycles. The molecule has 1 aliphatic rings. The van der Waals surface area contributed by atoms with Crippen LogP contribution in [0.5, 0.6) is 0 Å². The van der Waals surface area contributed by atoms with Gasteiger partial charge in [-0.25, -0.2) is 0 Å². The Hall–Kier alpha value is -1.32. The summed E-state index contributed by atoms with van der Waals surface area (Å²) in [4.78, 5) is 23.3. The number of hydrogen-bond donors (Lipinski definition) is 1. The molecule has 78 valence electrons. The van der Waals surface area contributed by atoms with E-state index in [-0.39, 0.29) is 11.8 Å². The highest BCUT2D eigenvalue weighted by atomic mass is 16.2. The molecule has 14 heavy (non-hydrogen) atoms. The van der Waals surface area contributed by atoms with Crippen LogP contribution in [0.4, 0.5) is 0 Å². The van der Waals surface area contributed by atoms with Crippen LogP contribution in [0, 0.1) is 0 Å². The van der Waals surface area contributed by atoms with Gasteiger partial charge in [0.25, 0.3) is 0 Å². The topological polar surface area (TPSA) is 63.4 Å². The van der Waals surface area contributed by atoms with Gasteiger partial charge in [-0.1, -0.05) is 12.5 Å². The molecule has 0 saturated heterocycles. The van der Waals surface area contributed by atoms with Crippen molar-refractivity contribution in [1.29, 1.82) is 0 Å². The van der Waals surface area contributed by atoms with Crippen LogP contribution >= 0.6 is 0 Å². The van der Waals surface area contributed by atoms with E-state index in [1.165, 1.54) is 0 Å². The van der Waals surface area contributed by atoms with Gasteiger partial charge in [0.05, 0.1) is 0 Å². The van der Waals surface area contributed by atoms with Crippen LogP contribution in [0.1, 0.15) is 25.7 Å². The molecule has 1 rings (SSSR count). The van der Waals surface area contributed by atoms with Gasteiger partial charge in [-0.15, -0.1) is 0 Å². The van der Waals surface area contributed by atoms with Gasteiger partial charge < -0.3 is 10.6 Å². The highest BCUT2D eigenvalue weighted by Gasteiger charge is 2.12. The summed E-state index contributed by atoms with van der Waals surface area (Å²) in [5, 5.41) is 0. The highest BCUT2D eigenvalue weighted by molar-refractivity contribution is 5.89. The summed E-state index contributed by atoms with van der Waals surface area (Å²) in [6, 6.07) is 0. The molecule has 2 N–H and O–H groups in total. The van der Waals surface area contributed by atoms with E-state index < -0.39 is 0 Å². The Kier molecular flexibility index (Phi) is 4.16. The predicted octanol–water partition coefficient (Wildman–Crippen LogP) is 0.430. The molecule has 0 unspecified atom stereocenters. The molecule has 0 aromatic heterocycles. The van der Waals surface area contributed by atoms with Crippen molar-refractivity contribution in [1.82, 2.24) is 4.90 Å². The Balaban J connectivity index is 1.99. The molecule has 1 heterocycles. The van der Waals surface area contributed by atoms with Crippen LogP contribution in [0.2, 0.25) is 0 Å². The number of rotatable bonds is 6. The van der Waals surface area contributed by atoms with Crippen LogP contribution in [0.15, 0.2) is 12.2 Å². The van der Waals surface area contributed by atoms with E-state index in [4.69, 9.17) is 5.73 Å². The molecule has 0 aromatic carbocycles. The van der Waals surface area contributed by atoms with Gasteiger partial charge in [0.15, 0.2) is 0 Å². The normalized spacial score (nSPS) is 15.1. The summed E-state index contributed by atoms with van der Waals surface area (Å²) in [7, 11) is 0. The monoisotopic (exact) mass is 196 g/mol. The highest BCUT2D eigenvalue weighted by Crippen LogP contribution is 2.05. The van der Waals surface area contributed by atoms with Crippen LogP contribution in [-0.2, 0) is 9.59 Å². The SMILES string of the molecule is NC(=O)CCCCCN1CC=CC1=O. The Morgan fingerprint density at radius 1 is 1.43 bits per heavy atom. The lowest BCUT2D eigenvalue weighted by molar-refractivity contribution is -0.124. The lowest BCUT2D eigenvalue weighted by atomic mass is 10.2. The van der Waals surface area contributed by atoms with Crippen molar-refractivity contribution in [3.8, 4) is 0 Å². The number of primary amides is 1. The number of hydrogen-bond acceptors (Lipinski definition) is 2. The first kappa shape index (κ1) is 10.8. The number of nitrogens with zero attached hydrogens (tertiary/aromatic N) is 1. The van der Waals surface area contributed by atoms with Crippen LogP contribution in [-0.4, -0.2) is 29.8 Å². The molecular formula is C10H16N2O2. The van der Waals surface area contributed by atoms with E-state index in [2.05, 4.69) is 0 Å². The maximum absolute atomic E-state index is 11.1. The maximum atomic E-state index is 11.1. The molecule has 0 aromatic rings. The van der Waals surface area contributed by atoms with Crippen molar-refractivity contribution in [2.24, 2.45) is 5.73 Å². The molecule has 0 radical (unpaired) electrons. The third-order valence-electron chi connectivity index (χ3n) is 2.25. The molecule has 4 nitrogen and oxygen atoms in total. The van der Waals surface area contributed by atoms with Gasteiger partial charge in [-0.05, 0) is 12.8 Å². The minimum Gasteiger partial charge on any atom is -0.370 e. The number of amides is 2. The van der Waals surface area contributed by atoms with Gasteiger partial charge in [0, 0.05) is 25.6 Å². The lowest BCUT2D eigenvalue weighted by Gasteiger charge is -2.14. The summed E-state index contributed by atoms with van der Waals surface area (Å²) < 4.78 is 0. The second-order valence-corrected chi connectivity index (χ2v) is 3.46. The average molecular weight is 196 g/mol. The molecule has 1 aliphatic heterocycles. The zero-order valence-electron chi connectivity index (χ0n) is 8.24. The number of nitrogens with two attached hydrogens (primary N) is 1. The van der Waals surface area contributed by atoms with E-state index in [1.807, 2.05) is 6.08 Å². The first-order valence-electron chi connectivity index (χ1n) is 4.94. The van der Waals surface area contributed by atoms with Gasteiger partial charge in [0.2, 0.25) is 11.8 Å². The van der Waals surface area contributed by atoms with Crippen molar-refractivity contribution < 1.29 is 9.59 Å². The Bertz CT molecular complexity index is 249. The van der Waals surface area contributed by atoms with Crippen LogP contribution in [0.25, 0.3) is 0 Å². The minimum absolute atomic E-state index is 0.0971. The standard InChI is InChI=1S/C10H16N2O2/c11-9(13)5-2-1-3-7-12-8-4-6-10(12)14/h4,6H,1-3,5,7-8H2,(H2,11,13). The molecular weight excluding hydrogens is 180 g/mol. The fourth-order valence-electron chi connectivity index (χ4n) is 1.46. The number of carbonyl (C=O) groups excluding carboxylic acids is 2. The Morgan fingerprint density at radius 3 is 2.79 bits per heavy atom. The first-order valence-corrected chi connectivity index (χ1v) is 4.94. The minimum atomic E-state index is -0.246. The molecule has 0 fully saturated rings. The fourth-order valence-corrected chi connectivity index (χ4v) is 1.46. The van der Waals surface area contributed by atoms with Crippen LogP contribution < -0.4 is 5.73 Å². The summed E-state index contributed by atoms with van der Waals surface area (Å²) in [6.07, 6.45) is 6.64. The number of carbonyl (C=O) groups is 2. The summed E-state index contributed by atoms with van der Waals surface area (Å²) in [5.41, 5.74) is 5.01. The van der Waals surface area contributed by atoms with E-state index in [1.54, 1.807) is 11.0 Å². The molecule has 4 heteroatoms. The molecule has 0 aliphatic carbocycles. The molecule has 0 atom stereocenters. The van der Waals surface area contributed by atoms with E-state index >= 15 is 0 Å². The van der Waals surface area contributed by atoms with Crippen molar-refractivity contribution in [3.05, 3.63) is 12.2 Å². The third kappa shape index (κ3) is 3.60. The molecule has 2 amide bonds. The van der Waals surface area contributed by atoms with Crippen molar-refractivity contribution in [3.63, 3.8) is 0 Å². The van der Waals surface area contributed by atoms with Gasteiger partial charge in [-0.3, -0.25) is 9.59 Å². The number of unbranched alkanes of at least 4 members (excludes halogenated alkanes) is 2. The van der Waals surface area contributed by atoms with Crippen molar-refractivity contribution >= 4 is 11.8 Å². The largest absolute Gasteiger partial charge is 0.370 e. The van der Waals surface area contributed by atoms with Gasteiger partial charge in [0.1, 0.15) is 0 Å². The Morgan fingerprint density at radius 2 is 2.21 bits per heavy atom. The zero-order chi connectivity index (χ0) is 10.4. The first-order chi connectivity index (χ1) is 6.70. The van der Waals surface area contributed by atoms with Crippen LogP contribution in [0.3, 0.4) is 0 Å². The third-order valence-corrected chi connectivity index (χ3v) is 2.25. The summed E-state index contributed by atoms with van der Waals surface area (Å²) in [5.74, 6) is -0.149. The van der Waals surface area contributed by atoms with Crippen molar-refractivity contribution in [2.45, 2.75) is 25.7 Å². The van der Waals surface area contributed by atoms with Gasteiger partial charge >= 0.3 is 0 Å². The summed E-state index contributed by atoms with van der Waals surface area (Å²) >= 11 is 0. The van der Waals surface area contributed by atoms with E-state index in [9.17, 15) is 9.59 Å². The molecule has 0 bridgehead atoms. The fraction of sp³-hybridized carbons (Fsp3) is 0.600. The van der Waals surface area contributed by atoms with E-state index in [0.29, 0.717) is 6.42 Å². The second-order valence-electron chi connectivity index (χ2n) is 3.46.